The van der Waals surface area contributed by atoms with Gasteiger partial charge in [0.15, 0.2) is 0 Å². The monoisotopic (exact) mass is 271 g/mol. The molecular formula is C10H7F2N3O4. The van der Waals surface area contributed by atoms with Crippen LogP contribution in [-0.2, 0) is 16.0 Å². The molecule has 0 aliphatic heterocycles. The summed E-state index contributed by atoms with van der Waals surface area (Å²) in [7, 11) is 1.07. The number of nitrogens with zero attached hydrogens (tertiary/aromatic N) is 3. The standard InChI is InChI=1S/C10H7F2N3O4/c1-19-7(16)3-5-2-6(4-13)8(9(11)12)14-10(5)15(17)18/h2,9H,3H2,1H3. The van der Waals surface area contributed by atoms with Crippen LogP contribution < -0.4 is 0 Å². The lowest BCUT2D eigenvalue weighted by Gasteiger charge is -2.04. The van der Waals surface area contributed by atoms with Gasteiger partial charge in [-0.05, 0) is 16.0 Å². The molecule has 100 valence electrons. The predicted molar refractivity (Wildman–Crippen MR) is 56.3 cm³/mol. The van der Waals surface area contributed by atoms with Crippen LogP contribution in [0, 0.1) is 21.4 Å². The van der Waals surface area contributed by atoms with Gasteiger partial charge in [0.25, 0.3) is 0 Å². The Bertz CT molecular complexity index is 569. The summed E-state index contributed by atoms with van der Waals surface area (Å²) in [6.07, 6.45) is -3.65. The Morgan fingerprint density at radius 2 is 2.32 bits per heavy atom. The van der Waals surface area contributed by atoms with E-state index in [0.717, 1.165) is 13.2 Å². The van der Waals surface area contributed by atoms with E-state index in [-0.39, 0.29) is 5.56 Å². The van der Waals surface area contributed by atoms with Crippen molar-refractivity contribution in [1.29, 1.82) is 5.26 Å². The SMILES string of the molecule is COC(=O)Cc1cc(C#N)c(C(F)F)nc1[N+](=O)[O-]. The molecule has 0 aliphatic carbocycles. The van der Waals surface area contributed by atoms with Crippen molar-refractivity contribution in [2.24, 2.45) is 0 Å². The molecule has 0 atom stereocenters. The van der Waals surface area contributed by atoms with Gasteiger partial charge in [-0.2, -0.15) is 5.26 Å². The molecule has 0 saturated heterocycles. The highest BCUT2D eigenvalue weighted by Gasteiger charge is 2.28. The number of hydrogen-bond donors (Lipinski definition) is 0. The molecular weight excluding hydrogens is 264 g/mol. The fourth-order valence-corrected chi connectivity index (χ4v) is 1.33. The first kappa shape index (κ1) is 14.4. The normalized spacial score (nSPS) is 10.1. The van der Waals surface area contributed by atoms with Crippen LogP contribution in [0.15, 0.2) is 6.07 Å². The largest absolute Gasteiger partial charge is 0.469 e. The molecule has 9 heteroatoms. The van der Waals surface area contributed by atoms with E-state index in [9.17, 15) is 23.7 Å². The van der Waals surface area contributed by atoms with Crippen LogP contribution in [0.25, 0.3) is 0 Å². The molecule has 0 radical (unpaired) electrons. The predicted octanol–water partition coefficient (Wildman–Crippen LogP) is 1.51. The average Bonchev–Trinajstić information content (AvgIpc) is 2.37. The number of rotatable bonds is 4. The molecule has 0 aliphatic rings. The number of methoxy groups -OCH3 is 1. The third-order valence-corrected chi connectivity index (χ3v) is 2.17. The second-order valence-electron chi connectivity index (χ2n) is 3.33. The molecule has 0 spiro atoms. The van der Waals surface area contributed by atoms with Gasteiger partial charge in [-0.15, -0.1) is 0 Å². The number of pyridine rings is 1. The smallest absolute Gasteiger partial charge is 0.367 e. The van der Waals surface area contributed by atoms with Gasteiger partial charge < -0.3 is 14.9 Å². The van der Waals surface area contributed by atoms with Crippen LogP contribution in [0.1, 0.15) is 23.2 Å². The van der Waals surface area contributed by atoms with Gasteiger partial charge in [-0.1, -0.05) is 0 Å². The Hall–Kier alpha value is -2.63. The van der Waals surface area contributed by atoms with Crippen molar-refractivity contribution in [2.45, 2.75) is 12.8 Å². The summed E-state index contributed by atoms with van der Waals surface area (Å²) in [4.78, 5) is 24.0. The summed E-state index contributed by atoms with van der Waals surface area (Å²) in [5.41, 5.74) is -1.75. The molecule has 0 aromatic carbocycles. The van der Waals surface area contributed by atoms with Crippen molar-refractivity contribution in [3.05, 3.63) is 33.0 Å². The molecule has 0 bridgehead atoms. The van der Waals surface area contributed by atoms with E-state index in [1.54, 1.807) is 0 Å². The molecule has 19 heavy (non-hydrogen) atoms. The van der Waals surface area contributed by atoms with Crippen molar-refractivity contribution < 1.29 is 23.2 Å². The van der Waals surface area contributed by atoms with Crippen LogP contribution in [0.2, 0.25) is 0 Å². The van der Waals surface area contributed by atoms with Crippen molar-refractivity contribution in [1.82, 2.24) is 4.98 Å². The maximum absolute atomic E-state index is 12.6. The minimum absolute atomic E-state index is 0.252. The van der Waals surface area contributed by atoms with Crippen LogP contribution in [0.4, 0.5) is 14.6 Å². The lowest BCUT2D eigenvalue weighted by molar-refractivity contribution is -0.390. The number of nitro groups is 1. The van der Waals surface area contributed by atoms with E-state index in [1.807, 2.05) is 0 Å². The third-order valence-electron chi connectivity index (χ3n) is 2.17. The lowest BCUT2D eigenvalue weighted by atomic mass is 10.1. The summed E-state index contributed by atoms with van der Waals surface area (Å²) in [6, 6.07) is 2.31. The highest BCUT2D eigenvalue weighted by Crippen LogP contribution is 2.26. The first-order valence-corrected chi connectivity index (χ1v) is 4.84. The maximum Gasteiger partial charge on any atom is 0.367 e. The van der Waals surface area contributed by atoms with Gasteiger partial charge in [-0.3, -0.25) is 4.79 Å². The summed E-state index contributed by atoms with van der Waals surface area (Å²) < 4.78 is 29.5. The number of ether oxygens (including phenoxy) is 1. The highest BCUT2D eigenvalue weighted by molar-refractivity contribution is 5.74. The molecule has 7 nitrogen and oxygen atoms in total. The van der Waals surface area contributed by atoms with Gasteiger partial charge in [0, 0.05) is 0 Å². The summed E-state index contributed by atoms with van der Waals surface area (Å²) in [6.45, 7) is 0. The zero-order valence-corrected chi connectivity index (χ0v) is 9.59. The van der Waals surface area contributed by atoms with Crippen molar-refractivity contribution in [2.75, 3.05) is 7.11 Å². The number of halogens is 2. The van der Waals surface area contributed by atoms with E-state index >= 15 is 0 Å². The van der Waals surface area contributed by atoms with Gasteiger partial charge in [0.2, 0.25) is 5.69 Å². The lowest BCUT2D eigenvalue weighted by Crippen LogP contribution is -2.10. The van der Waals surface area contributed by atoms with Crippen molar-refractivity contribution >= 4 is 11.8 Å². The van der Waals surface area contributed by atoms with E-state index in [2.05, 4.69) is 9.72 Å². The van der Waals surface area contributed by atoms with Gasteiger partial charge in [-0.25, -0.2) is 8.78 Å². The molecule has 1 heterocycles. The zero-order valence-electron chi connectivity index (χ0n) is 9.59. The summed E-state index contributed by atoms with van der Waals surface area (Å²) in [5.74, 6) is -1.70. The van der Waals surface area contributed by atoms with Gasteiger partial charge in [0.1, 0.15) is 11.6 Å². The molecule has 1 aromatic rings. The van der Waals surface area contributed by atoms with Crippen molar-refractivity contribution in [3.63, 3.8) is 0 Å². The number of alkyl halides is 2. The van der Waals surface area contributed by atoms with Crippen molar-refractivity contribution in [3.8, 4) is 6.07 Å². The van der Waals surface area contributed by atoms with Crippen LogP contribution in [0.5, 0.6) is 0 Å². The zero-order chi connectivity index (χ0) is 14.6. The first-order valence-electron chi connectivity index (χ1n) is 4.84. The summed E-state index contributed by atoms with van der Waals surface area (Å²) in [5, 5.41) is 19.4. The minimum atomic E-state index is -3.12. The van der Waals surface area contributed by atoms with E-state index < -0.39 is 40.8 Å². The Morgan fingerprint density at radius 1 is 1.68 bits per heavy atom. The first-order chi connectivity index (χ1) is 8.90. The second-order valence-corrected chi connectivity index (χ2v) is 3.33. The number of nitriles is 1. The number of esters is 1. The maximum atomic E-state index is 12.6. The fourth-order valence-electron chi connectivity index (χ4n) is 1.33. The molecule has 0 saturated carbocycles. The van der Waals surface area contributed by atoms with E-state index in [1.165, 1.54) is 6.07 Å². The number of carbonyl (C=O) groups excluding carboxylic acids is 1. The Labute approximate surface area is 105 Å². The Morgan fingerprint density at radius 3 is 2.74 bits per heavy atom. The average molecular weight is 271 g/mol. The van der Waals surface area contributed by atoms with Crippen LogP contribution >= 0.6 is 0 Å². The fraction of sp³-hybridized carbons (Fsp3) is 0.300. The number of hydrogen-bond acceptors (Lipinski definition) is 6. The van der Waals surface area contributed by atoms with E-state index in [4.69, 9.17) is 5.26 Å². The number of carbonyl (C=O) groups is 1. The molecule has 0 N–H and O–H groups in total. The third kappa shape index (κ3) is 3.19. The van der Waals surface area contributed by atoms with Crippen LogP contribution in [0.3, 0.4) is 0 Å². The second kappa shape index (κ2) is 5.81. The highest BCUT2D eigenvalue weighted by atomic mass is 19.3. The minimum Gasteiger partial charge on any atom is -0.469 e. The van der Waals surface area contributed by atoms with E-state index in [0.29, 0.717) is 0 Å². The molecule has 0 amide bonds. The topological polar surface area (TPSA) is 106 Å². The molecule has 1 rings (SSSR count). The van der Waals surface area contributed by atoms with Gasteiger partial charge >= 0.3 is 18.2 Å². The van der Waals surface area contributed by atoms with Crippen LogP contribution in [-0.4, -0.2) is 23.0 Å². The molecule has 0 unspecified atom stereocenters. The number of aromatic nitrogens is 1. The Kier molecular flexibility index (Phi) is 4.41. The Balaban J connectivity index is 3.41. The molecule has 0 fully saturated rings. The molecule has 1 aromatic heterocycles. The summed E-state index contributed by atoms with van der Waals surface area (Å²) >= 11 is 0. The van der Waals surface area contributed by atoms with Gasteiger partial charge in [0.05, 0.1) is 19.1 Å². The quantitative estimate of drug-likeness (QED) is 0.466.